The van der Waals surface area contributed by atoms with Crippen molar-refractivity contribution in [3.8, 4) is 0 Å². The van der Waals surface area contributed by atoms with Gasteiger partial charge in [-0.2, -0.15) is 10.2 Å². The van der Waals surface area contributed by atoms with E-state index in [2.05, 4.69) is 28.6 Å². The monoisotopic (exact) mass is 219 g/mol. The molecule has 0 saturated carbocycles. The van der Waals surface area contributed by atoms with Crippen molar-refractivity contribution in [1.82, 2.24) is 24.9 Å². The molecule has 0 amide bonds. The predicted octanol–water partition coefficient (Wildman–Crippen LogP) is 0.678. The standard InChI is InChI=1S/C11H17N5/c1-11-9-14-16(10-11)8-5-12-4-7-15-6-2-3-13-15/h2-3,6,9-10,12H,4-5,7-8H2,1H3. The highest BCUT2D eigenvalue weighted by Crippen LogP contribution is 1.92. The van der Waals surface area contributed by atoms with Gasteiger partial charge in [-0.25, -0.2) is 0 Å². The van der Waals surface area contributed by atoms with Crippen LogP contribution in [0.1, 0.15) is 5.56 Å². The number of nitrogens with zero attached hydrogens (tertiary/aromatic N) is 4. The molecule has 0 radical (unpaired) electrons. The molecule has 5 nitrogen and oxygen atoms in total. The van der Waals surface area contributed by atoms with Gasteiger partial charge in [0.25, 0.3) is 0 Å². The Morgan fingerprint density at radius 3 is 2.62 bits per heavy atom. The third kappa shape index (κ3) is 3.20. The summed E-state index contributed by atoms with van der Waals surface area (Å²) in [5, 5.41) is 11.7. The lowest BCUT2D eigenvalue weighted by Gasteiger charge is -2.05. The molecule has 5 heteroatoms. The summed E-state index contributed by atoms with van der Waals surface area (Å²) in [6.07, 6.45) is 7.70. The highest BCUT2D eigenvalue weighted by atomic mass is 15.3. The van der Waals surface area contributed by atoms with Crippen LogP contribution in [0.3, 0.4) is 0 Å². The van der Waals surface area contributed by atoms with Crippen molar-refractivity contribution >= 4 is 0 Å². The molecule has 0 fully saturated rings. The van der Waals surface area contributed by atoms with Crippen LogP contribution in [-0.4, -0.2) is 32.7 Å². The van der Waals surface area contributed by atoms with Crippen LogP contribution in [0.15, 0.2) is 30.9 Å². The molecule has 2 rings (SSSR count). The number of hydrogen-bond donors (Lipinski definition) is 1. The van der Waals surface area contributed by atoms with Crippen LogP contribution in [0.5, 0.6) is 0 Å². The Kier molecular flexibility index (Phi) is 3.71. The lowest BCUT2D eigenvalue weighted by Crippen LogP contribution is -2.24. The summed E-state index contributed by atoms with van der Waals surface area (Å²) in [5.74, 6) is 0. The molecule has 0 aliphatic carbocycles. The minimum Gasteiger partial charge on any atom is -0.313 e. The lowest BCUT2D eigenvalue weighted by atomic mass is 10.4. The molecule has 16 heavy (non-hydrogen) atoms. The van der Waals surface area contributed by atoms with Gasteiger partial charge in [-0.1, -0.05) is 0 Å². The predicted molar refractivity (Wildman–Crippen MR) is 62.1 cm³/mol. The summed E-state index contributed by atoms with van der Waals surface area (Å²) in [5.41, 5.74) is 1.21. The van der Waals surface area contributed by atoms with Crippen LogP contribution < -0.4 is 5.32 Å². The van der Waals surface area contributed by atoms with Crippen LogP contribution in [0.2, 0.25) is 0 Å². The molecule has 86 valence electrons. The third-order valence-corrected chi connectivity index (χ3v) is 2.36. The fourth-order valence-electron chi connectivity index (χ4n) is 1.53. The maximum Gasteiger partial charge on any atom is 0.0534 e. The smallest absolute Gasteiger partial charge is 0.0534 e. The van der Waals surface area contributed by atoms with Gasteiger partial charge in [0, 0.05) is 31.7 Å². The lowest BCUT2D eigenvalue weighted by molar-refractivity contribution is 0.514. The number of rotatable bonds is 6. The Morgan fingerprint density at radius 2 is 2.00 bits per heavy atom. The SMILES string of the molecule is Cc1cnn(CCNCCn2cccn2)c1. The van der Waals surface area contributed by atoms with Gasteiger partial charge in [0.1, 0.15) is 0 Å². The van der Waals surface area contributed by atoms with Crippen LogP contribution in [0, 0.1) is 6.92 Å². The van der Waals surface area contributed by atoms with Gasteiger partial charge in [0.15, 0.2) is 0 Å². The molecule has 0 atom stereocenters. The Bertz CT molecular complexity index is 404. The molecule has 0 aliphatic heterocycles. The number of nitrogens with one attached hydrogen (secondary N) is 1. The topological polar surface area (TPSA) is 47.7 Å². The summed E-state index contributed by atoms with van der Waals surface area (Å²) >= 11 is 0. The van der Waals surface area contributed by atoms with E-state index in [1.807, 2.05) is 27.8 Å². The summed E-state index contributed by atoms with van der Waals surface area (Å²) in [4.78, 5) is 0. The maximum atomic E-state index is 4.22. The van der Waals surface area contributed by atoms with Crippen molar-refractivity contribution in [2.24, 2.45) is 0 Å². The molecule has 0 unspecified atom stereocenters. The number of hydrogen-bond acceptors (Lipinski definition) is 3. The summed E-state index contributed by atoms with van der Waals surface area (Å²) in [7, 11) is 0. The zero-order valence-electron chi connectivity index (χ0n) is 9.50. The second-order valence-electron chi connectivity index (χ2n) is 3.80. The molecule has 0 aromatic carbocycles. The maximum absolute atomic E-state index is 4.22. The fourth-order valence-corrected chi connectivity index (χ4v) is 1.53. The average Bonchev–Trinajstić information content (AvgIpc) is 2.89. The van der Waals surface area contributed by atoms with Crippen LogP contribution in [0.4, 0.5) is 0 Å². The molecule has 0 bridgehead atoms. The van der Waals surface area contributed by atoms with Crippen molar-refractivity contribution in [3.63, 3.8) is 0 Å². The molecule has 0 spiro atoms. The molecular formula is C11H17N5. The van der Waals surface area contributed by atoms with E-state index in [-0.39, 0.29) is 0 Å². The first-order chi connectivity index (χ1) is 7.84. The third-order valence-electron chi connectivity index (χ3n) is 2.36. The van der Waals surface area contributed by atoms with Gasteiger partial charge in [-0.05, 0) is 18.6 Å². The molecule has 0 saturated heterocycles. The zero-order valence-corrected chi connectivity index (χ0v) is 9.50. The van der Waals surface area contributed by atoms with Crippen molar-refractivity contribution in [2.45, 2.75) is 20.0 Å². The van der Waals surface area contributed by atoms with Crippen LogP contribution >= 0.6 is 0 Å². The van der Waals surface area contributed by atoms with Gasteiger partial charge in [0.2, 0.25) is 0 Å². The van der Waals surface area contributed by atoms with Crippen molar-refractivity contribution < 1.29 is 0 Å². The second kappa shape index (κ2) is 5.46. The normalized spacial score (nSPS) is 10.8. The van der Waals surface area contributed by atoms with Crippen LogP contribution in [-0.2, 0) is 13.1 Å². The van der Waals surface area contributed by atoms with Crippen molar-refractivity contribution in [1.29, 1.82) is 0 Å². The summed E-state index contributed by atoms with van der Waals surface area (Å²) < 4.78 is 3.88. The zero-order chi connectivity index (χ0) is 11.2. The Morgan fingerprint density at radius 1 is 1.19 bits per heavy atom. The Hall–Kier alpha value is -1.62. The van der Waals surface area contributed by atoms with E-state index in [4.69, 9.17) is 0 Å². The highest BCUT2D eigenvalue weighted by molar-refractivity contribution is 4.99. The van der Waals surface area contributed by atoms with Gasteiger partial charge < -0.3 is 5.32 Å². The molecule has 2 heterocycles. The van der Waals surface area contributed by atoms with E-state index in [1.165, 1.54) is 5.56 Å². The molecule has 1 N–H and O–H groups in total. The van der Waals surface area contributed by atoms with E-state index >= 15 is 0 Å². The van der Waals surface area contributed by atoms with Gasteiger partial charge >= 0.3 is 0 Å². The first-order valence-corrected chi connectivity index (χ1v) is 5.52. The van der Waals surface area contributed by atoms with Crippen molar-refractivity contribution in [3.05, 3.63) is 36.4 Å². The molecular weight excluding hydrogens is 202 g/mol. The minimum atomic E-state index is 0.908. The summed E-state index contributed by atoms with van der Waals surface area (Å²) in [6.45, 7) is 5.73. The van der Waals surface area contributed by atoms with Crippen LogP contribution in [0.25, 0.3) is 0 Å². The first-order valence-electron chi connectivity index (χ1n) is 5.52. The van der Waals surface area contributed by atoms with Gasteiger partial charge in [-0.15, -0.1) is 0 Å². The van der Waals surface area contributed by atoms with Gasteiger partial charge in [-0.3, -0.25) is 9.36 Å². The van der Waals surface area contributed by atoms with Crippen molar-refractivity contribution in [2.75, 3.05) is 13.1 Å². The Labute approximate surface area is 95.1 Å². The second-order valence-corrected chi connectivity index (χ2v) is 3.80. The minimum absolute atomic E-state index is 0.908. The first kappa shape index (κ1) is 10.9. The fraction of sp³-hybridized carbons (Fsp3) is 0.455. The number of aromatic nitrogens is 4. The summed E-state index contributed by atoms with van der Waals surface area (Å²) in [6, 6.07) is 1.94. The number of aryl methyl sites for hydroxylation is 1. The molecule has 0 aliphatic rings. The van der Waals surface area contributed by atoms with E-state index in [1.54, 1.807) is 6.20 Å². The van der Waals surface area contributed by atoms with Gasteiger partial charge in [0.05, 0.1) is 19.3 Å². The Balaban J connectivity index is 1.59. The molecule has 2 aromatic heterocycles. The van der Waals surface area contributed by atoms with E-state index < -0.39 is 0 Å². The van der Waals surface area contributed by atoms with E-state index in [9.17, 15) is 0 Å². The highest BCUT2D eigenvalue weighted by Gasteiger charge is 1.94. The largest absolute Gasteiger partial charge is 0.313 e. The quantitative estimate of drug-likeness (QED) is 0.727. The average molecular weight is 219 g/mol. The van der Waals surface area contributed by atoms with E-state index in [0.29, 0.717) is 0 Å². The van der Waals surface area contributed by atoms with E-state index in [0.717, 1.165) is 26.2 Å². The molecule has 2 aromatic rings.